The third-order valence-corrected chi connectivity index (χ3v) is 4.21. The molecule has 0 aromatic carbocycles. The Bertz CT molecular complexity index is 280. The standard InChI is InChI=1S/C16H32O4/c1-4-6-8-10-13(17)14-16(19,11-9-7-5-2)12-15(3,18)20-14/h13-14,17-19H,4-12H2,1-3H3/t13?,14-,15+,16+/m1/s1. The number of aliphatic hydroxyl groups is 3. The van der Waals surface area contributed by atoms with Gasteiger partial charge in [-0.15, -0.1) is 0 Å². The van der Waals surface area contributed by atoms with E-state index in [1.54, 1.807) is 6.92 Å². The third-order valence-electron chi connectivity index (χ3n) is 4.21. The van der Waals surface area contributed by atoms with E-state index < -0.39 is 23.6 Å². The molecule has 0 saturated carbocycles. The van der Waals surface area contributed by atoms with Crippen LogP contribution in [0.3, 0.4) is 0 Å². The largest absolute Gasteiger partial charge is 0.390 e. The summed E-state index contributed by atoms with van der Waals surface area (Å²) < 4.78 is 5.54. The zero-order chi connectivity index (χ0) is 15.2. The van der Waals surface area contributed by atoms with Gasteiger partial charge in [-0.3, -0.25) is 0 Å². The second-order valence-electron chi connectivity index (χ2n) is 6.51. The van der Waals surface area contributed by atoms with Crippen molar-refractivity contribution >= 4 is 0 Å². The molecule has 0 aromatic rings. The van der Waals surface area contributed by atoms with Crippen molar-refractivity contribution in [3.05, 3.63) is 0 Å². The lowest BCUT2D eigenvalue weighted by atomic mass is 9.84. The van der Waals surface area contributed by atoms with Gasteiger partial charge in [-0.25, -0.2) is 0 Å². The van der Waals surface area contributed by atoms with Gasteiger partial charge in [0.15, 0.2) is 5.79 Å². The van der Waals surface area contributed by atoms with Crippen LogP contribution in [0.15, 0.2) is 0 Å². The van der Waals surface area contributed by atoms with Gasteiger partial charge in [0.2, 0.25) is 0 Å². The molecule has 0 spiro atoms. The fourth-order valence-electron chi connectivity index (χ4n) is 3.20. The highest BCUT2D eigenvalue weighted by molar-refractivity contribution is 5.00. The van der Waals surface area contributed by atoms with E-state index >= 15 is 0 Å². The molecule has 1 aliphatic heterocycles. The molecule has 1 fully saturated rings. The lowest BCUT2D eigenvalue weighted by Gasteiger charge is -2.31. The second kappa shape index (κ2) is 7.74. The summed E-state index contributed by atoms with van der Waals surface area (Å²) in [4.78, 5) is 0. The minimum absolute atomic E-state index is 0.180. The number of rotatable bonds is 9. The Kier molecular flexibility index (Phi) is 6.92. The summed E-state index contributed by atoms with van der Waals surface area (Å²) in [5.41, 5.74) is -1.11. The summed E-state index contributed by atoms with van der Waals surface area (Å²) in [7, 11) is 0. The van der Waals surface area contributed by atoms with Crippen molar-refractivity contribution in [2.45, 2.75) is 102 Å². The van der Waals surface area contributed by atoms with Crippen molar-refractivity contribution in [1.82, 2.24) is 0 Å². The van der Waals surface area contributed by atoms with Gasteiger partial charge in [0.05, 0.1) is 11.7 Å². The van der Waals surface area contributed by atoms with Gasteiger partial charge in [0.1, 0.15) is 6.10 Å². The number of hydrogen-bond acceptors (Lipinski definition) is 4. The molecule has 1 aliphatic rings. The highest BCUT2D eigenvalue weighted by Gasteiger charge is 2.54. The molecule has 1 saturated heterocycles. The molecule has 0 amide bonds. The molecule has 120 valence electrons. The monoisotopic (exact) mass is 288 g/mol. The fraction of sp³-hybridized carbons (Fsp3) is 1.00. The molecule has 4 heteroatoms. The van der Waals surface area contributed by atoms with Gasteiger partial charge in [-0.1, -0.05) is 52.4 Å². The van der Waals surface area contributed by atoms with E-state index in [0.717, 1.165) is 38.5 Å². The molecule has 20 heavy (non-hydrogen) atoms. The predicted molar refractivity (Wildman–Crippen MR) is 79.4 cm³/mol. The maximum Gasteiger partial charge on any atom is 0.166 e. The summed E-state index contributed by atoms with van der Waals surface area (Å²) in [6.07, 6.45) is 6.09. The van der Waals surface area contributed by atoms with Crippen molar-refractivity contribution in [2.75, 3.05) is 0 Å². The molecule has 4 atom stereocenters. The summed E-state index contributed by atoms with van der Waals surface area (Å²) in [5, 5.41) is 31.2. The van der Waals surface area contributed by atoms with Crippen molar-refractivity contribution in [3.63, 3.8) is 0 Å². The van der Waals surface area contributed by atoms with Gasteiger partial charge in [0.25, 0.3) is 0 Å². The fourth-order valence-corrected chi connectivity index (χ4v) is 3.20. The summed E-state index contributed by atoms with van der Waals surface area (Å²) in [6.45, 7) is 5.79. The van der Waals surface area contributed by atoms with Crippen LogP contribution in [0.25, 0.3) is 0 Å². The van der Waals surface area contributed by atoms with Crippen LogP contribution < -0.4 is 0 Å². The van der Waals surface area contributed by atoms with E-state index in [2.05, 4.69) is 13.8 Å². The van der Waals surface area contributed by atoms with Gasteiger partial charge >= 0.3 is 0 Å². The first kappa shape index (κ1) is 17.9. The topological polar surface area (TPSA) is 69.9 Å². The Balaban J connectivity index is 2.63. The van der Waals surface area contributed by atoms with Gasteiger partial charge < -0.3 is 20.1 Å². The van der Waals surface area contributed by atoms with Crippen LogP contribution in [-0.4, -0.2) is 38.9 Å². The molecule has 1 unspecified atom stereocenters. The van der Waals surface area contributed by atoms with E-state index in [9.17, 15) is 15.3 Å². The molecule has 0 aliphatic carbocycles. The van der Waals surface area contributed by atoms with E-state index in [1.165, 1.54) is 0 Å². The predicted octanol–water partition coefficient (Wildman–Crippen LogP) is 2.74. The summed E-state index contributed by atoms with van der Waals surface area (Å²) >= 11 is 0. The van der Waals surface area contributed by atoms with Crippen LogP contribution in [0.4, 0.5) is 0 Å². The minimum Gasteiger partial charge on any atom is -0.390 e. The average molecular weight is 288 g/mol. The molecule has 0 radical (unpaired) electrons. The van der Waals surface area contributed by atoms with Gasteiger partial charge in [-0.2, -0.15) is 0 Å². The Morgan fingerprint density at radius 2 is 1.70 bits per heavy atom. The highest BCUT2D eigenvalue weighted by atomic mass is 16.7. The smallest absolute Gasteiger partial charge is 0.166 e. The van der Waals surface area contributed by atoms with Crippen molar-refractivity contribution < 1.29 is 20.1 Å². The normalized spacial score (nSPS) is 35.4. The van der Waals surface area contributed by atoms with Crippen LogP contribution >= 0.6 is 0 Å². The Morgan fingerprint density at radius 3 is 2.30 bits per heavy atom. The Hall–Kier alpha value is -0.160. The van der Waals surface area contributed by atoms with Crippen molar-refractivity contribution in [2.24, 2.45) is 0 Å². The maximum atomic E-state index is 10.8. The first-order valence-electron chi connectivity index (χ1n) is 8.15. The van der Waals surface area contributed by atoms with Crippen molar-refractivity contribution in [1.29, 1.82) is 0 Å². The number of aliphatic hydroxyl groups excluding tert-OH is 1. The number of ether oxygens (including phenoxy) is 1. The van der Waals surface area contributed by atoms with Gasteiger partial charge in [0, 0.05) is 6.42 Å². The third kappa shape index (κ3) is 4.99. The van der Waals surface area contributed by atoms with E-state index in [0.29, 0.717) is 12.8 Å². The lowest BCUT2D eigenvalue weighted by molar-refractivity contribution is -0.203. The van der Waals surface area contributed by atoms with Crippen LogP contribution in [0.5, 0.6) is 0 Å². The van der Waals surface area contributed by atoms with Crippen LogP contribution in [-0.2, 0) is 4.74 Å². The van der Waals surface area contributed by atoms with Crippen molar-refractivity contribution in [3.8, 4) is 0 Å². The lowest BCUT2D eigenvalue weighted by Crippen LogP contribution is -2.45. The Labute approximate surface area is 123 Å². The minimum atomic E-state index is -1.34. The van der Waals surface area contributed by atoms with Gasteiger partial charge in [-0.05, 0) is 19.8 Å². The van der Waals surface area contributed by atoms with E-state index in [4.69, 9.17) is 4.74 Å². The molecule has 4 nitrogen and oxygen atoms in total. The second-order valence-corrected chi connectivity index (χ2v) is 6.51. The van der Waals surface area contributed by atoms with Crippen LogP contribution in [0.1, 0.15) is 78.6 Å². The number of unbranched alkanes of at least 4 members (excludes halogenated alkanes) is 4. The quantitative estimate of drug-likeness (QED) is 0.571. The van der Waals surface area contributed by atoms with E-state index in [1.807, 2.05) is 0 Å². The number of hydrogen-bond donors (Lipinski definition) is 3. The molecule has 3 N–H and O–H groups in total. The molecule has 0 aromatic heterocycles. The molecule has 0 bridgehead atoms. The Morgan fingerprint density at radius 1 is 1.10 bits per heavy atom. The van der Waals surface area contributed by atoms with Crippen LogP contribution in [0.2, 0.25) is 0 Å². The zero-order valence-corrected chi connectivity index (χ0v) is 13.3. The molecular weight excluding hydrogens is 256 g/mol. The molecule has 1 rings (SSSR count). The highest BCUT2D eigenvalue weighted by Crippen LogP contribution is 2.41. The maximum absolute atomic E-state index is 10.8. The average Bonchev–Trinajstić information content (AvgIpc) is 2.60. The summed E-state index contributed by atoms with van der Waals surface area (Å²) in [6, 6.07) is 0. The first-order chi connectivity index (χ1) is 9.34. The first-order valence-corrected chi connectivity index (χ1v) is 8.15. The zero-order valence-electron chi connectivity index (χ0n) is 13.3. The summed E-state index contributed by atoms with van der Waals surface area (Å²) in [5.74, 6) is -1.34. The molecular formula is C16H32O4. The van der Waals surface area contributed by atoms with Crippen LogP contribution in [0, 0.1) is 0 Å². The molecule has 1 heterocycles. The van der Waals surface area contributed by atoms with E-state index in [-0.39, 0.29) is 6.42 Å². The SMILES string of the molecule is CCCCCC(O)[C@H]1O[C@](C)(O)C[C@@]1(O)CCCCC.